The molecule has 3 fully saturated rings. The first-order valence-corrected chi connectivity index (χ1v) is 9.82. The van der Waals surface area contributed by atoms with Crippen molar-refractivity contribution in [3.63, 3.8) is 0 Å². The molecule has 4 aliphatic rings. The molecular formula is C22H28N2O3. The Bertz CT molecular complexity index is 818. The number of benzene rings is 1. The van der Waals surface area contributed by atoms with Crippen molar-refractivity contribution < 1.29 is 14.7 Å². The number of anilines is 1. The van der Waals surface area contributed by atoms with Gasteiger partial charge in [0, 0.05) is 38.1 Å². The minimum Gasteiger partial charge on any atom is -0.396 e. The summed E-state index contributed by atoms with van der Waals surface area (Å²) in [6, 6.07) is 7.51. The number of Topliss-reactive ketones (excluding diaryl/α,β-unsaturated/α-hetero) is 1. The number of hydrogen-bond acceptors (Lipinski definition) is 4. The molecule has 1 aromatic carbocycles. The van der Waals surface area contributed by atoms with Gasteiger partial charge in [0.25, 0.3) is 0 Å². The van der Waals surface area contributed by atoms with Crippen LogP contribution in [0.2, 0.25) is 0 Å². The molecule has 1 saturated carbocycles. The molecule has 2 saturated heterocycles. The van der Waals surface area contributed by atoms with Gasteiger partial charge < -0.3 is 14.9 Å². The van der Waals surface area contributed by atoms with Crippen molar-refractivity contribution in [2.75, 3.05) is 31.6 Å². The third-order valence-corrected chi connectivity index (χ3v) is 6.99. The molecule has 1 spiro atoms. The number of nitrogens with zero attached hydrogens (tertiary/aromatic N) is 2. The Hall–Kier alpha value is -1.98. The Morgan fingerprint density at radius 2 is 2.11 bits per heavy atom. The maximum Gasteiger partial charge on any atom is 0.224 e. The van der Waals surface area contributed by atoms with E-state index in [-0.39, 0.29) is 36.2 Å². The summed E-state index contributed by atoms with van der Waals surface area (Å²) < 4.78 is 0. The van der Waals surface area contributed by atoms with Crippen molar-refractivity contribution in [1.29, 1.82) is 0 Å². The van der Waals surface area contributed by atoms with Crippen LogP contribution in [0, 0.1) is 11.8 Å². The molecule has 3 aliphatic heterocycles. The number of likely N-dealkylation sites (N-methyl/N-ethyl adjacent to an activating group) is 1. The molecule has 5 heteroatoms. The zero-order valence-electron chi connectivity index (χ0n) is 16.3. The predicted molar refractivity (Wildman–Crippen MR) is 105 cm³/mol. The van der Waals surface area contributed by atoms with E-state index in [4.69, 9.17) is 0 Å². The highest BCUT2D eigenvalue weighted by atomic mass is 16.3. The van der Waals surface area contributed by atoms with Gasteiger partial charge in [0.2, 0.25) is 5.91 Å². The van der Waals surface area contributed by atoms with Gasteiger partial charge in [-0.15, -0.1) is 0 Å². The topological polar surface area (TPSA) is 60.9 Å². The van der Waals surface area contributed by atoms with Crippen LogP contribution < -0.4 is 4.90 Å². The van der Waals surface area contributed by atoms with Crippen LogP contribution in [0.15, 0.2) is 35.9 Å². The normalized spacial score (nSPS) is 34.8. The fourth-order valence-corrected chi connectivity index (χ4v) is 5.82. The Balaban J connectivity index is 2.00. The van der Waals surface area contributed by atoms with E-state index in [9.17, 15) is 14.7 Å². The lowest BCUT2D eigenvalue weighted by Crippen LogP contribution is -2.61. The number of aliphatic hydroxyl groups is 1. The highest BCUT2D eigenvalue weighted by Crippen LogP contribution is 2.57. The van der Waals surface area contributed by atoms with Crippen LogP contribution >= 0.6 is 0 Å². The fourth-order valence-electron chi connectivity index (χ4n) is 5.82. The molecule has 27 heavy (non-hydrogen) atoms. The summed E-state index contributed by atoms with van der Waals surface area (Å²) in [5.74, 6) is -0.0112. The second-order valence-electron chi connectivity index (χ2n) is 8.25. The minimum atomic E-state index is -0.719. The van der Waals surface area contributed by atoms with E-state index in [0.29, 0.717) is 12.8 Å². The van der Waals surface area contributed by atoms with Crippen LogP contribution in [-0.4, -0.2) is 54.5 Å². The van der Waals surface area contributed by atoms with Crippen molar-refractivity contribution in [1.82, 2.24) is 4.90 Å². The number of ketones is 1. The lowest BCUT2D eigenvalue weighted by Gasteiger charge is -2.48. The van der Waals surface area contributed by atoms with Crippen molar-refractivity contribution >= 4 is 17.4 Å². The molecule has 144 valence electrons. The summed E-state index contributed by atoms with van der Waals surface area (Å²) in [7, 11) is 2.09. The van der Waals surface area contributed by atoms with Gasteiger partial charge in [-0.25, -0.2) is 0 Å². The second kappa shape index (κ2) is 6.57. The molecule has 0 aromatic heterocycles. The average molecular weight is 368 g/mol. The molecule has 1 amide bonds. The van der Waals surface area contributed by atoms with Crippen LogP contribution in [0.1, 0.15) is 32.3 Å². The second-order valence-corrected chi connectivity index (χ2v) is 8.25. The maximum absolute atomic E-state index is 13.7. The molecular weight excluding hydrogens is 340 g/mol. The maximum atomic E-state index is 13.7. The largest absolute Gasteiger partial charge is 0.396 e. The van der Waals surface area contributed by atoms with Crippen molar-refractivity contribution in [2.24, 2.45) is 11.8 Å². The highest BCUT2D eigenvalue weighted by molar-refractivity contribution is 6.04. The van der Waals surface area contributed by atoms with E-state index >= 15 is 0 Å². The number of allylic oxidation sites excluding steroid dienone is 1. The Morgan fingerprint density at radius 3 is 2.78 bits per heavy atom. The van der Waals surface area contributed by atoms with E-state index in [1.807, 2.05) is 31.2 Å². The number of fused-ring (bicyclic) bond motifs is 6. The minimum absolute atomic E-state index is 0.0246. The van der Waals surface area contributed by atoms with Crippen molar-refractivity contribution in [3.8, 4) is 0 Å². The van der Waals surface area contributed by atoms with Gasteiger partial charge in [0.1, 0.15) is 5.78 Å². The van der Waals surface area contributed by atoms with E-state index in [1.165, 1.54) is 5.57 Å². The summed E-state index contributed by atoms with van der Waals surface area (Å²) in [6.07, 6.45) is 3.21. The van der Waals surface area contributed by atoms with Gasteiger partial charge in [-0.1, -0.05) is 29.8 Å². The number of para-hydroxylation sites is 1. The summed E-state index contributed by atoms with van der Waals surface area (Å²) in [5, 5.41) is 10.4. The zero-order valence-corrected chi connectivity index (χ0v) is 16.3. The summed E-state index contributed by atoms with van der Waals surface area (Å²) in [5.41, 5.74) is 2.28. The molecule has 1 aliphatic carbocycles. The summed E-state index contributed by atoms with van der Waals surface area (Å²) in [4.78, 5) is 30.5. The third-order valence-electron chi connectivity index (χ3n) is 6.99. The number of carbonyl (C=O) groups excluding carboxylic acids is 2. The van der Waals surface area contributed by atoms with E-state index < -0.39 is 5.41 Å². The lowest BCUT2D eigenvalue weighted by molar-refractivity contribution is -0.131. The van der Waals surface area contributed by atoms with Crippen LogP contribution in [0.5, 0.6) is 0 Å². The number of hydrogen-bond donors (Lipinski definition) is 1. The van der Waals surface area contributed by atoms with Crippen LogP contribution in [0.3, 0.4) is 0 Å². The molecule has 5 nitrogen and oxygen atoms in total. The van der Waals surface area contributed by atoms with Crippen LogP contribution in [0.4, 0.5) is 5.69 Å². The fraction of sp³-hybridized carbons (Fsp3) is 0.545. The Kier molecular flexibility index (Phi) is 4.47. The van der Waals surface area contributed by atoms with Crippen molar-refractivity contribution in [3.05, 3.63) is 41.5 Å². The first-order chi connectivity index (χ1) is 13.0. The molecule has 0 radical (unpaired) electrons. The standard InChI is InChI=1S/C22H28N2O3/c1-4-15-12-23(3)10-9-22-18-7-5-6-8-19(18)24(14(2)26)21(22)17(13-25)16(15)11-20(22)27/h4-8,16-17,21,25H,9-13H2,1-3H3/t16-,17-,21-,22+/m0/s1. The SMILES string of the molecule is CC=C1CN(C)CC[C@@]23C(=O)C[C@@H]1[C@H](CO)[C@@H]2N(C(C)=O)c1ccccc13. The number of aliphatic hydroxyl groups excluding tert-OH is 1. The van der Waals surface area contributed by atoms with E-state index in [2.05, 4.69) is 18.0 Å². The quantitative estimate of drug-likeness (QED) is 0.772. The van der Waals surface area contributed by atoms with Gasteiger partial charge in [-0.3, -0.25) is 9.59 Å². The summed E-state index contributed by atoms with van der Waals surface area (Å²) >= 11 is 0. The Labute approximate surface area is 160 Å². The number of rotatable bonds is 1. The highest BCUT2D eigenvalue weighted by Gasteiger charge is 2.63. The molecule has 2 bridgehead atoms. The first kappa shape index (κ1) is 18.4. The Morgan fingerprint density at radius 1 is 1.37 bits per heavy atom. The molecule has 1 N–H and O–H groups in total. The predicted octanol–water partition coefficient (Wildman–Crippen LogP) is 2.14. The summed E-state index contributed by atoms with van der Waals surface area (Å²) in [6.45, 7) is 5.13. The van der Waals surface area contributed by atoms with E-state index in [0.717, 1.165) is 24.3 Å². The molecule has 5 rings (SSSR count). The van der Waals surface area contributed by atoms with Gasteiger partial charge >= 0.3 is 0 Å². The van der Waals surface area contributed by atoms with Gasteiger partial charge in [0.05, 0.1) is 11.5 Å². The van der Waals surface area contributed by atoms with Gasteiger partial charge in [-0.2, -0.15) is 0 Å². The molecule has 1 aromatic rings. The molecule has 0 unspecified atom stereocenters. The first-order valence-electron chi connectivity index (χ1n) is 9.82. The smallest absolute Gasteiger partial charge is 0.224 e. The molecule has 4 atom stereocenters. The number of carbonyl (C=O) groups is 2. The third kappa shape index (κ3) is 2.44. The van der Waals surface area contributed by atoms with Crippen LogP contribution in [-0.2, 0) is 15.0 Å². The van der Waals surface area contributed by atoms with Gasteiger partial charge in [-0.05, 0) is 44.5 Å². The monoisotopic (exact) mass is 368 g/mol. The lowest BCUT2D eigenvalue weighted by atomic mass is 9.57. The zero-order chi connectivity index (χ0) is 19.3. The van der Waals surface area contributed by atoms with Crippen molar-refractivity contribution in [2.45, 2.75) is 38.1 Å². The molecule has 3 heterocycles. The van der Waals surface area contributed by atoms with Gasteiger partial charge in [0.15, 0.2) is 0 Å². The van der Waals surface area contributed by atoms with Crippen LogP contribution in [0.25, 0.3) is 0 Å². The number of amides is 1. The van der Waals surface area contributed by atoms with E-state index in [1.54, 1.807) is 11.8 Å². The average Bonchev–Trinajstić information content (AvgIpc) is 2.99.